The van der Waals surface area contributed by atoms with Crippen molar-refractivity contribution in [2.45, 2.75) is 38.1 Å². The topological polar surface area (TPSA) is 105 Å². The number of amides is 2. The van der Waals surface area contributed by atoms with Crippen LogP contribution in [0.15, 0.2) is 29.6 Å². The van der Waals surface area contributed by atoms with Gasteiger partial charge in [0.15, 0.2) is 5.82 Å². The van der Waals surface area contributed by atoms with Crippen LogP contribution >= 0.6 is 11.3 Å². The molecule has 6 rings (SSSR count). The molecule has 0 bridgehead atoms. The molecular weight excluding hydrogens is 497 g/mol. The summed E-state index contributed by atoms with van der Waals surface area (Å²) in [6.07, 6.45) is -0.590. The number of imidazole rings is 1. The van der Waals surface area contributed by atoms with Gasteiger partial charge in [-0.3, -0.25) is 4.79 Å². The molecular formula is C26H28FN5O4S. The van der Waals surface area contributed by atoms with Crippen molar-refractivity contribution in [2.75, 3.05) is 20.2 Å². The van der Waals surface area contributed by atoms with Gasteiger partial charge in [0.2, 0.25) is 0 Å². The fourth-order valence-electron chi connectivity index (χ4n) is 5.31. The number of nitrogens with two attached hydrogens (primary N) is 1. The van der Waals surface area contributed by atoms with E-state index in [2.05, 4.69) is 22.1 Å². The van der Waals surface area contributed by atoms with Gasteiger partial charge in [-0.05, 0) is 48.4 Å². The third-order valence-electron chi connectivity index (χ3n) is 7.20. The summed E-state index contributed by atoms with van der Waals surface area (Å²) in [6.45, 7) is 0.940. The summed E-state index contributed by atoms with van der Waals surface area (Å²) in [5.41, 5.74) is 7.85. The largest absolute Gasteiger partial charge is 0.494 e. The number of halogens is 1. The summed E-state index contributed by atoms with van der Waals surface area (Å²) in [5.74, 6) is 1.60. The van der Waals surface area contributed by atoms with E-state index >= 15 is 0 Å². The molecule has 2 fully saturated rings. The van der Waals surface area contributed by atoms with Gasteiger partial charge in [-0.2, -0.15) is 0 Å². The molecule has 1 aromatic carbocycles. The van der Waals surface area contributed by atoms with E-state index in [9.17, 15) is 14.0 Å². The Balaban J connectivity index is 1.39. The number of piperidine rings is 1. The van der Waals surface area contributed by atoms with Crippen LogP contribution in [0.1, 0.15) is 29.6 Å². The lowest BCUT2D eigenvalue weighted by Gasteiger charge is -2.34. The number of benzene rings is 1. The first-order valence-corrected chi connectivity index (χ1v) is 13.2. The van der Waals surface area contributed by atoms with Gasteiger partial charge < -0.3 is 29.2 Å². The maximum atomic E-state index is 14.4. The summed E-state index contributed by atoms with van der Waals surface area (Å²) in [5, 5.41) is 3.30. The number of aromatic nitrogens is 3. The molecule has 1 saturated carbocycles. The summed E-state index contributed by atoms with van der Waals surface area (Å²) in [7, 11) is 3.50. The first-order chi connectivity index (χ1) is 17.8. The van der Waals surface area contributed by atoms with Crippen molar-refractivity contribution in [2.24, 2.45) is 18.7 Å². The maximum Gasteiger partial charge on any atom is 0.404 e. The van der Waals surface area contributed by atoms with Crippen LogP contribution in [0.4, 0.5) is 9.18 Å². The number of hydrogen-bond donors (Lipinski definition) is 1. The zero-order valence-electron chi connectivity index (χ0n) is 20.6. The summed E-state index contributed by atoms with van der Waals surface area (Å²) < 4.78 is 29.4. The summed E-state index contributed by atoms with van der Waals surface area (Å²) in [6, 6.07) is 7.66. The Morgan fingerprint density at radius 2 is 2.05 bits per heavy atom. The number of nitrogens with zero attached hydrogens (tertiary/aromatic N) is 4. The number of thiophene rings is 1. The van der Waals surface area contributed by atoms with Crippen molar-refractivity contribution in [3.8, 4) is 17.3 Å². The van der Waals surface area contributed by atoms with E-state index in [0.29, 0.717) is 22.7 Å². The van der Waals surface area contributed by atoms with Gasteiger partial charge in [-0.1, -0.05) is 0 Å². The standard InChI is InChI=1S/C26H28FN5O4S/c1-30-22-19(29-23(30)20-8-15-5-6-37-25(15)32(20)11-14-3-4-14)7-16(9-21(22)35-2)24(33)31-12-17(27)10-18(13-31)36-26(28)34/h5-9,14,17-18H,3-4,10-13H2,1-2H3,(H2,28,34)/t17-,18-/m1/s1. The second kappa shape index (κ2) is 9.05. The molecule has 194 valence electrons. The Labute approximate surface area is 216 Å². The number of primary amides is 1. The number of rotatable bonds is 6. The van der Waals surface area contributed by atoms with E-state index in [1.165, 1.54) is 28.0 Å². The van der Waals surface area contributed by atoms with Gasteiger partial charge in [0.05, 0.1) is 31.4 Å². The van der Waals surface area contributed by atoms with Gasteiger partial charge >= 0.3 is 6.09 Å². The summed E-state index contributed by atoms with van der Waals surface area (Å²) in [4.78, 5) is 32.1. The first-order valence-electron chi connectivity index (χ1n) is 12.3. The van der Waals surface area contributed by atoms with Crippen LogP contribution in [0.25, 0.3) is 32.8 Å². The zero-order chi connectivity index (χ0) is 25.8. The van der Waals surface area contributed by atoms with Crippen molar-refractivity contribution in [1.82, 2.24) is 19.0 Å². The van der Waals surface area contributed by atoms with Crippen molar-refractivity contribution >= 4 is 44.6 Å². The van der Waals surface area contributed by atoms with E-state index in [4.69, 9.17) is 20.2 Å². The van der Waals surface area contributed by atoms with Crippen molar-refractivity contribution < 1.29 is 23.5 Å². The van der Waals surface area contributed by atoms with Crippen molar-refractivity contribution in [3.05, 3.63) is 35.2 Å². The van der Waals surface area contributed by atoms with Gasteiger partial charge in [0.25, 0.3) is 5.91 Å². The number of fused-ring (bicyclic) bond motifs is 2. The molecule has 4 aromatic rings. The maximum absolute atomic E-state index is 14.4. The molecule has 1 aliphatic heterocycles. The molecule has 11 heteroatoms. The van der Waals surface area contributed by atoms with Crippen molar-refractivity contribution in [3.63, 3.8) is 0 Å². The lowest BCUT2D eigenvalue weighted by atomic mass is 10.0. The number of ether oxygens (including phenoxy) is 2. The third kappa shape index (κ3) is 4.30. The summed E-state index contributed by atoms with van der Waals surface area (Å²) >= 11 is 1.73. The molecule has 2 aliphatic rings. The van der Waals surface area contributed by atoms with E-state index in [-0.39, 0.29) is 25.4 Å². The monoisotopic (exact) mass is 525 g/mol. The fraction of sp³-hybridized carbons (Fsp3) is 0.423. The minimum absolute atomic E-state index is 0.0105. The van der Waals surface area contributed by atoms with Gasteiger partial charge in [-0.25, -0.2) is 14.2 Å². The Morgan fingerprint density at radius 1 is 1.24 bits per heavy atom. The second-order valence-electron chi connectivity index (χ2n) is 9.91. The highest BCUT2D eigenvalue weighted by Gasteiger charge is 2.33. The predicted molar refractivity (Wildman–Crippen MR) is 139 cm³/mol. The van der Waals surface area contributed by atoms with Gasteiger partial charge in [0, 0.05) is 31.0 Å². The highest BCUT2D eigenvalue weighted by molar-refractivity contribution is 7.16. The number of methoxy groups -OCH3 is 1. The quantitative estimate of drug-likeness (QED) is 0.404. The molecule has 9 nitrogen and oxygen atoms in total. The van der Waals surface area contributed by atoms with Crippen LogP contribution in [-0.4, -0.2) is 63.5 Å². The van der Waals surface area contributed by atoms with E-state index in [0.717, 1.165) is 23.6 Å². The molecule has 2 atom stereocenters. The smallest absolute Gasteiger partial charge is 0.404 e. The average Bonchev–Trinajstić information content (AvgIpc) is 3.31. The number of alkyl halides is 1. The molecule has 0 radical (unpaired) electrons. The SMILES string of the molecule is COc1cc(C(=O)N2C[C@H](F)C[C@@H](OC(N)=O)C2)cc2nc(-c3cc4ccsc4n3CC3CC3)n(C)c12. The van der Waals surface area contributed by atoms with Gasteiger partial charge in [0.1, 0.15) is 28.4 Å². The number of hydrogen-bond acceptors (Lipinski definition) is 6. The number of aryl methyl sites for hydroxylation is 1. The Bertz CT molecular complexity index is 1520. The zero-order valence-corrected chi connectivity index (χ0v) is 21.5. The molecule has 0 spiro atoms. The molecule has 2 N–H and O–H groups in total. The molecule has 1 aliphatic carbocycles. The molecule has 3 aromatic heterocycles. The van der Waals surface area contributed by atoms with Crippen molar-refractivity contribution in [1.29, 1.82) is 0 Å². The van der Waals surface area contributed by atoms with Crippen LogP contribution in [0.5, 0.6) is 5.75 Å². The average molecular weight is 526 g/mol. The minimum atomic E-state index is -1.32. The fourth-order valence-corrected chi connectivity index (χ4v) is 6.22. The normalized spacial score (nSPS) is 20.0. The van der Waals surface area contributed by atoms with Crippen LogP contribution in [0, 0.1) is 5.92 Å². The Hall–Kier alpha value is -3.60. The van der Waals surface area contributed by atoms with Gasteiger partial charge in [-0.15, -0.1) is 11.3 Å². The first kappa shape index (κ1) is 23.8. The van der Waals surface area contributed by atoms with E-state index in [1.807, 2.05) is 11.6 Å². The second-order valence-corrected chi connectivity index (χ2v) is 10.8. The van der Waals surface area contributed by atoms with Crippen LogP contribution in [-0.2, 0) is 18.3 Å². The highest BCUT2D eigenvalue weighted by atomic mass is 32.1. The lowest BCUT2D eigenvalue weighted by Crippen LogP contribution is -2.49. The number of likely N-dealkylation sites (tertiary alicyclic amines) is 1. The Kier molecular flexibility index (Phi) is 5.82. The van der Waals surface area contributed by atoms with E-state index in [1.54, 1.807) is 30.6 Å². The molecule has 1 saturated heterocycles. The highest BCUT2D eigenvalue weighted by Crippen LogP contribution is 2.39. The number of carbonyl (C=O) groups is 2. The minimum Gasteiger partial charge on any atom is -0.494 e. The molecule has 0 unspecified atom stereocenters. The molecule has 37 heavy (non-hydrogen) atoms. The molecule has 4 heterocycles. The number of carbonyl (C=O) groups excluding carboxylic acids is 2. The van der Waals surface area contributed by atoms with Crippen LogP contribution in [0.2, 0.25) is 0 Å². The van der Waals surface area contributed by atoms with Crippen LogP contribution < -0.4 is 10.5 Å². The third-order valence-corrected chi connectivity index (χ3v) is 8.15. The predicted octanol–water partition coefficient (Wildman–Crippen LogP) is 4.32. The van der Waals surface area contributed by atoms with Crippen LogP contribution in [0.3, 0.4) is 0 Å². The molecule has 2 amide bonds. The Morgan fingerprint density at radius 3 is 2.78 bits per heavy atom. The lowest BCUT2D eigenvalue weighted by molar-refractivity contribution is 0.0133. The van der Waals surface area contributed by atoms with E-state index < -0.39 is 18.4 Å².